The molecular weight excluding hydrogens is 250 g/mol. The third-order valence-corrected chi connectivity index (χ3v) is 4.63. The standard InChI is InChI=1S/C12H19N3O2S/c1-4-13-9-6-5-7-14-11(9)18(16,17)15-10-8-12(10,2)3/h5-7,10,13,15H,4,8H2,1-3H3. The molecule has 2 N–H and O–H groups in total. The van der Waals surface area contributed by atoms with Gasteiger partial charge < -0.3 is 5.32 Å². The van der Waals surface area contributed by atoms with Crippen molar-refractivity contribution < 1.29 is 8.42 Å². The lowest BCUT2D eigenvalue weighted by Crippen LogP contribution is -2.30. The van der Waals surface area contributed by atoms with Gasteiger partial charge in [0.05, 0.1) is 5.69 Å². The molecule has 0 bridgehead atoms. The van der Waals surface area contributed by atoms with Crippen molar-refractivity contribution in [2.45, 2.75) is 38.3 Å². The number of sulfonamides is 1. The molecule has 1 aliphatic carbocycles. The minimum absolute atomic E-state index is 0.0129. The van der Waals surface area contributed by atoms with Crippen LogP contribution in [0.3, 0.4) is 0 Å². The Kier molecular flexibility index (Phi) is 3.33. The summed E-state index contributed by atoms with van der Waals surface area (Å²) in [5.41, 5.74) is 0.603. The van der Waals surface area contributed by atoms with Crippen molar-refractivity contribution in [1.29, 1.82) is 0 Å². The predicted octanol–water partition coefficient (Wildman–Crippen LogP) is 1.59. The Morgan fingerprint density at radius 2 is 2.17 bits per heavy atom. The summed E-state index contributed by atoms with van der Waals surface area (Å²) in [5.74, 6) is 0. The van der Waals surface area contributed by atoms with Gasteiger partial charge in [0.1, 0.15) is 0 Å². The molecule has 0 aromatic carbocycles. The summed E-state index contributed by atoms with van der Waals surface area (Å²) in [6.07, 6.45) is 2.36. The third kappa shape index (κ3) is 2.64. The highest BCUT2D eigenvalue weighted by atomic mass is 32.2. The maximum atomic E-state index is 12.3. The van der Waals surface area contributed by atoms with Crippen LogP contribution < -0.4 is 10.0 Å². The first-order valence-electron chi connectivity index (χ1n) is 6.08. The zero-order valence-corrected chi connectivity index (χ0v) is 11.7. The Balaban J connectivity index is 2.24. The average molecular weight is 269 g/mol. The average Bonchev–Trinajstić information content (AvgIpc) is 2.86. The first-order valence-corrected chi connectivity index (χ1v) is 7.56. The van der Waals surface area contributed by atoms with Crippen LogP contribution in [-0.2, 0) is 10.0 Å². The molecule has 5 nitrogen and oxygen atoms in total. The Morgan fingerprint density at radius 1 is 1.50 bits per heavy atom. The number of hydrogen-bond acceptors (Lipinski definition) is 4. The molecule has 1 aromatic rings. The highest BCUT2D eigenvalue weighted by Gasteiger charge is 2.48. The molecule has 1 fully saturated rings. The van der Waals surface area contributed by atoms with E-state index >= 15 is 0 Å². The van der Waals surface area contributed by atoms with Crippen LogP contribution in [0, 0.1) is 5.41 Å². The smallest absolute Gasteiger partial charge is 0.260 e. The van der Waals surface area contributed by atoms with Crippen molar-refractivity contribution in [3.8, 4) is 0 Å². The number of pyridine rings is 1. The third-order valence-electron chi connectivity index (χ3n) is 3.20. The van der Waals surface area contributed by atoms with E-state index in [9.17, 15) is 8.42 Å². The monoisotopic (exact) mass is 269 g/mol. The fraction of sp³-hybridized carbons (Fsp3) is 0.583. The van der Waals surface area contributed by atoms with Crippen LogP contribution >= 0.6 is 0 Å². The lowest BCUT2D eigenvalue weighted by atomic mass is 10.2. The summed E-state index contributed by atoms with van der Waals surface area (Å²) in [7, 11) is -3.54. The molecule has 0 saturated heterocycles. The van der Waals surface area contributed by atoms with Crippen molar-refractivity contribution in [3.63, 3.8) is 0 Å². The van der Waals surface area contributed by atoms with Gasteiger partial charge in [-0.15, -0.1) is 0 Å². The summed E-state index contributed by atoms with van der Waals surface area (Å²) in [6, 6.07) is 3.46. The normalized spacial score (nSPS) is 21.6. The van der Waals surface area contributed by atoms with E-state index in [0.29, 0.717) is 12.2 Å². The first kappa shape index (κ1) is 13.3. The molecule has 0 spiro atoms. The second-order valence-corrected chi connectivity index (χ2v) is 6.88. The van der Waals surface area contributed by atoms with E-state index in [1.165, 1.54) is 6.20 Å². The summed E-state index contributed by atoms with van der Waals surface area (Å²) in [6.45, 7) is 6.66. The first-order chi connectivity index (χ1) is 8.37. The number of rotatable bonds is 5. The van der Waals surface area contributed by atoms with Crippen LogP contribution in [0.2, 0.25) is 0 Å². The molecule has 1 atom stereocenters. The second-order valence-electron chi connectivity index (χ2n) is 5.25. The zero-order valence-electron chi connectivity index (χ0n) is 10.9. The fourth-order valence-electron chi connectivity index (χ4n) is 1.84. The van der Waals surface area contributed by atoms with Crippen LogP contribution in [0.5, 0.6) is 0 Å². The molecule has 2 rings (SSSR count). The minimum Gasteiger partial charge on any atom is -0.383 e. The highest BCUT2D eigenvalue weighted by molar-refractivity contribution is 7.89. The quantitative estimate of drug-likeness (QED) is 0.851. The van der Waals surface area contributed by atoms with Crippen molar-refractivity contribution in [1.82, 2.24) is 9.71 Å². The maximum Gasteiger partial charge on any atom is 0.260 e. The van der Waals surface area contributed by atoms with Gasteiger partial charge in [-0.05, 0) is 30.9 Å². The van der Waals surface area contributed by atoms with Crippen molar-refractivity contribution in [3.05, 3.63) is 18.3 Å². The van der Waals surface area contributed by atoms with Crippen LogP contribution in [-0.4, -0.2) is 26.0 Å². The van der Waals surface area contributed by atoms with Gasteiger partial charge in [0.2, 0.25) is 0 Å². The van der Waals surface area contributed by atoms with Crippen LogP contribution in [0.15, 0.2) is 23.4 Å². The maximum absolute atomic E-state index is 12.3. The molecule has 0 amide bonds. The topological polar surface area (TPSA) is 71.1 Å². The van der Waals surface area contributed by atoms with Gasteiger partial charge in [0.15, 0.2) is 5.03 Å². The molecule has 1 saturated carbocycles. The number of anilines is 1. The second kappa shape index (κ2) is 4.51. The number of hydrogen-bond donors (Lipinski definition) is 2. The molecule has 6 heteroatoms. The molecule has 0 radical (unpaired) electrons. The van der Waals surface area contributed by atoms with E-state index in [1.807, 2.05) is 20.8 Å². The van der Waals surface area contributed by atoms with E-state index in [2.05, 4.69) is 15.0 Å². The largest absolute Gasteiger partial charge is 0.383 e. The van der Waals surface area contributed by atoms with E-state index in [-0.39, 0.29) is 16.5 Å². The molecule has 1 aromatic heterocycles. The molecule has 0 aliphatic heterocycles. The van der Waals surface area contributed by atoms with Gasteiger partial charge in [-0.3, -0.25) is 0 Å². The Labute approximate surface area is 108 Å². The van der Waals surface area contributed by atoms with Crippen LogP contribution in [0.1, 0.15) is 27.2 Å². The Morgan fingerprint density at radius 3 is 2.72 bits per heavy atom. The minimum atomic E-state index is -3.54. The molecule has 100 valence electrons. The molecule has 1 unspecified atom stereocenters. The van der Waals surface area contributed by atoms with Crippen LogP contribution in [0.4, 0.5) is 5.69 Å². The lowest BCUT2D eigenvalue weighted by Gasteiger charge is -2.11. The SMILES string of the molecule is CCNc1cccnc1S(=O)(=O)NC1CC1(C)C. The fourth-order valence-corrected chi connectivity index (χ4v) is 3.36. The van der Waals surface area contributed by atoms with Gasteiger partial charge in [-0.25, -0.2) is 18.1 Å². The van der Waals surface area contributed by atoms with Gasteiger partial charge in [-0.2, -0.15) is 0 Å². The number of nitrogens with zero attached hydrogens (tertiary/aromatic N) is 1. The molecule has 1 aliphatic rings. The summed E-state index contributed by atoms with van der Waals surface area (Å²) < 4.78 is 27.2. The van der Waals surface area contributed by atoms with E-state index < -0.39 is 10.0 Å². The Bertz CT molecular complexity index is 540. The summed E-state index contributed by atoms with van der Waals surface area (Å²) in [5, 5.41) is 3.09. The zero-order chi connectivity index (χ0) is 13.4. The van der Waals surface area contributed by atoms with Gasteiger partial charge in [0.25, 0.3) is 10.0 Å². The van der Waals surface area contributed by atoms with Crippen molar-refractivity contribution in [2.24, 2.45) is 5.41 Å². The Hall–Kier alpha value is -1.14. The number of aromatic nitrogens is 1. The summed E-state index contributed by atoms with van der Waals surface area (Å²) in [4.78, 5) is 3.98. The van der Waals surface area contributed by atoms with E-state index in [1.54, 1.807) is 12.1 Å². The van der Waals surface area contributed by atoms with Gasteiger partial charge >= 0.3 is 0 Å². The number of nitrogens with one attached hydrogen (secondary N) is 2. The van der Waals surface area contributed by atoms with Crippen molar-refractivity contribution >= 4 is 15.7 Å². The van der Waals surface area contributed by atoms with Gasteiger partial charge in [0, 0.05) is 18.8 Å². The summed E-state index contributed by atoms with van der Waals surface area (Å²) >= 11 is 0. The van der Waals surface area contributed by atoms with E-state index in [4.69, 9.17) is 0 Å². The predicted molar refractivity (Wildman–Crippen MR) is 70.9 cm³/mol. The van der Waals surface area contributed by atoms with Crippen molar-refractivity contribution in [2.75, 3.05) is 11.9 Å². The molecule has 18 heavy (non-hydrogen) atoms. The molecule has 1 heterocycles. The molecular formula is C12H19N3O2S. The lowest BCUT2D eigenvalue weighted by molar-refractivity contribution is 0.552. The highest BCUT2D eigenvalue weighted by Crippen LogP contribution is 2.45. The van der Waals surface area contributed by atoms with Crippen LogP contribution in [0.25, 0.3) is 0 Å². The van der Waals surface area contributed by atoms with Gasteiger partial charge in [-0.1, -0.05) is 13.8 Å². The van der Waals surface area contributed by atoms with E-state index in [0.717, 1.165) is 6.42 Å².